The van der Waals surface area contributed by atoms with Gasteiger partial charge in [-0.25, -0.2) is 9.97 Å². The van der Waals surface area contributed by atoms with E-state index in [0.717, 1.165) is 22.7 Å². The lowest BCUT2D eigenvalue weighted by Crippen LogP contribution is -2.27. The summed E-state index contributed by atoms with van der Waals surface area (Å²) in [6.45, 7) is 4.93. The molecule has 28 heavy (non-hydrogen) atoms. The normalized spacial score (nSPS) is 10.4. The van der Waals surface area contributed by atoms with E-state index >= 15 is 0 Å². The fourth-order valence-corrected chi connectivity index (χ4v) is 2.79. The first-order chi connectivity index (χ1) is 13.5. The third kappa shape index (κ3) is 5.07. The van der Waals surface area contributed by atoms with Crippen LogP contribution in [0.3, 0.4) is 0 Å². The minimum atomic E-state index is -0.149. The molecule has 144 valence electrons. The van der Waals surface area contributed by atoms with Gasteiger partial charge in [-0.3, -0.25) is 4.79 Å². The first-order valence-electron chi connectivity index (χ1n) is 9.20. The average Bonchev–Trinajstić information content (AvgIpc) is 2.69. The number of rotatable bonds is 7. The topological polar surface area (TPSA) is 67.3 Å². The van der Waals surface area contributed by atoms with Gasteiger partial charge in [-0.05, 0) is 49.7 Å². The van der Waals surface area contributed by atoms with Crippen LogP contribution >= 0.6 is 0 Å². The molecule has 0 unspecified atom stereocenters. The van der Waals surface area contributed by atoms with E-state index < -0.39 is 0 Å². The van der Waals surface area contributed by atoms with Crippen molar-refractivity contribution in [3.05, 3.63) is 77.6 Å². The number of amides is 1. The molecule has 1 aromatic heterocycles. The van der Waals surface area contributed by atoms with Gasteiger partial charge in [-0.2, -0.15) is 0 Å². The summed E-state index contributed by atoms with van der Waals surface area (Å²) in [7, 11) is 1.77. The molecule has 0 fully saturated rings. The maximum atomic E-state index is 12.8. The zero-order chi connectivity index (χ0) is 19.9. The SMILES string of the molecule is CCOc1ccc(Nc2nc(C)cc(C(=O)N(C)Cc3ccccc3)n2)cc1. The Bertz CT molecular complexity index is 927. The van der Waals surface area contributed by atoms with Gasteiger partial charge in [0.25, 0.3) is 5.91 Å². The summed E-state index contributed by atoms with van der Waals surface area (Å²) in [5, 5.41) is 3.15. The number of hydrogen-bond acceptors (Lipinski definition) is 5. The van der Waals surface area contributed by atoms with Gasteiger partial charge in [0.1, 0.15) is 11.4 Å². The minimum Gasteiger partial charge on any atom is -0.494 e. The predicted molar refractivity (Wildman–Crippen MR) is 110 cm³/mol. The van der Waals surface area contributed by atoms with Gasteiger partial charge < -0.3 is 15.0 Å². The molecule has 0 bridgehead atoms. The molecule has 3 aromatic rings. The molecule has 6 heteroatoms. The third-order valence-corrected chi connectivity index (χ3v) is 4.10. The van der Waals surface area contributed by atoms with Crippen LogP contribution in [0.25, 0.3) is 0 Å². The number of carbonyl (C=O) groups excluding carboxylic acids is 1. The lowest BCUT2D eigenvalue weighted by Gasteiger charge is -2.17. The fourth-order valence-electron chi connectivity index (χ4n) is 2.79. The Morgan fingerprint density at radius 1 is 1.07 bits per heavy atom. The number of hydrogen-bond donors (Lipinski definition) is 1. The summed E-state index contributed by atoms with van der Waals surface area (Å²) in [6.07, 6.45) is 0. The highest BCUT2D eigenvalue weighted by atomic mass is 16.5. The number of aryl methyl sites for hydroxylation is 1. The van der Waals surface area contributed by atoms with E-state index in [9.17, 15) is 4.79 Å². The van der Waals surface area contributed by atoms with Crippen molar-refractivity contribution in [3.8, 4) is 5.75 Å². The monoisotopic (exact) mass is 376 g/mol. The van der Waals surface area contributed by atoms with Crippen LogP contribution < -0.4 is 10.1 Å². The molecule has 0 aliphatic rings. The van der Waals surface area contributed by atoms with Crippen molar-refractivity contribution in [1.82, 2.24) is 14.9 Å². The molecule has 0 saturated carbocycles. The average molecular weight is 376 g/mol. The number of benzene rings is 2. The van der Waals surface area contributed by atoms with Gasteiger partial charge >= 0.3 is 0 Å². The van der Waals surface area contributed by atoms with Crippen molar-refractivity contribution in [2.24, 2.45) is 0 Å². The van der Waals surface area contributed by atoms with E-state index in [2.05, 4.69) is 15.3 Å². The Hall–Kier alpha value is -3.41. The summed E-state index contributed by atoms with van der Waals surface area (Å²) in [5.74, 6) is 1.04. The molecule has 0 aliphatic heterocycles. The van der Waals surface area contributed by atoms with Crippen molar-refractivity contribution in [2.45, 2.75) is 20.4 Å². The molecule has 0 radical (unpaired) electrons. The van der Waals surface area contributed by atoms with E-state index in [1.54, 1.807) is 18.0 Å². The number of anilines is 2. The van der Waals surface area contributed by atoms with Crippen LogP contribution in [-0.2, 0) is 6.54 Å². The zero-order valence-corrected chi connectivity index (χ0v) is 16.3. The van der Waals surface area contributed by atoms with E-state index in [1.165, 1.54) is 0 Å². The molecular weight excluding hydrogens is 352 g/mol. The summed E-state index contributed by atoms with van der Waals surface area (Å²) in [4.78, 5) is 23.3. The van der Waals surface area contributed by atoms with Crippen LogP contribution in [0.5, 0.6) is 5.75 Å². The number of carbonyl (C=O) groups is 1. The van der Waals surface area contributed by atoms with Crippen LogP contribution in [0.15, 0.2) is 60.7 Å². The van der Waals surface area contributed by atoms with Crippen molar-refractivity contribution < 1.29 is 9.53 Å². The van der Waals surface area contributed by atoms with Crippen molar-refractivity contribution in [1.29, 1.82) is 0 Å². The Labute approximate surface area is 165 Å². The van der Waals surface area contributed by atoms with E-state index in [0.29, 0.717) is 24.8 Å². The molecule has 1 amide bonds. The van der Waals surface area contributed by atoms with Gasteiger partial charge in [0.15, 0.2) is 0 Å². The summed E-state index contributed by atoms with van der Waals surface area (Å²) >= 11 is 0. The number of aromatic nitrogens is 2. The molecule has 0 atom stereocenters. The van der Waals surface area contributed by atoms with Gasteiger partial charge in [0.05, 0.1) is 6.61 Å². The Morgan fingerprint density at radius 3 is 2.46 bits per heavy atom. The van der Waals surface area contributed by atoms with Gasteiger partial charge in [-0.15, -0.1) is 0 Å². The minimum absolute atomic E-state index is 0.149. The zero-order valence-electron chi connectivity index (χ0n) is 16.3. The van der Waals surface area contributed by atoms with Crippen LogP contribution in [0.4, 0.5) is 11.6 Å². The molecule has 3 rings (SSSR count). The maximum Gasteiger partial charge on any atom is 0.272 e. The van der Waals surface area contributed by atoms with Crippen LogP contribution in [-0.4, -0.2) is 34.4 Å². The second kappa shape index (κ2) is 8.99. The fraction of sp³-hybridized carbons (Fsp3) is 0.227. The second-order valence-electron chi connectivity index (χ2n) is 6.45. The molecule has 1 heterocycles. The second-order valence-corrected chi connectivity index (χ2v) is 6.45. The van der Waals surface area contributed by atoms with Crippen molar-refractivity contribution in [3.63, 3.8) is 0 Å². The highest BCUT2D eigenvalue weighted by Crippen LogP contribution is 2.19. The van der Waals surface area contributed by atoms with Gasteiger partial charge in [0.2, 0.25) is 5.95 Å². The van der Waals surface area contributed by atoms with E-state index in [-0.39, 0.29) is 5.91 Å². The van der Waals surface area contributed by atoms with E-state index in [4.69, 9.17) is 4.74 Å². The first-order valence-corrected chi connectivity index (χ1v) is 9.20. The Balaban J connectivity index is 1.74. The molecule has 1 N–H and O–H groups in total. The smallest absolute Gasteiger partial charge is 0.272 e. The lowest BCUT2D eigenvalue weighted by atomic mass is 10.2. The highest BCUT2D eigenvalue weighted by molar-refractivity contribution is 5.92. The van der Waals surface area contributed by atoms with Crippen molar-refractivity contribution >= 4 is 17.5 Å². The Morgan fingerprint density at radius 2 is 1.79 bits per heavy atom. The summed E-state index contributed by atoms with van der Waals surface area (Å²) < 4.78 is 5.45. The molecular formula is C22H24N4O2. The molecule has 0 saturated heterocycles. The number of nitrogens with one attached hydrogen (secondary N) is 1. The van der Waals surface area contributed by atoms with Crippen LogP contribution in [0.1, 0.15) is 28.7 Å². The maximum absolute atomic E-state index is 12.8. The molecule has 0 aliphatic carbocycles. The number of ether oxygens (including phenoxy) is 1. The molecule has 2 aromatic carbocycles. The predicted octanol–water partition coefficient (Wildman–Crippen LogP) is 4.20. The largest absolute Gasteiger partial charge is 0.494 e. The van der Waals surface area contributed by atoms with Crippen LogP contribution in [0, 0.1) is 6.92 Å². The van der Waals surface area contributed by atoms with Crippen molar-refractivity contribution in [2.75, 3.05) is 19.0 Å². The Kier molecular flexibility index (Phi) is 6.22. The standard InChI is InChI=1S/C22H24N4O2/c1-4-28-19-12-10-18(11-13-19)24-22-23-16(2)14-20(25-22)21(27)26(3)15-17-8-6-5-7-9-17/h5-14H,4,15H2,1-3H3,(H,23,24,25). The highest BCUT2D eigenvalue weighted by Gasteiger charge is 2.16. The van der Waals surface area contributed by atoms with E-state index in [1.807, 2.05) is 68.4 Å². The quantitative estimate of drug-likeness (QED) is 0.669. The summed E-state index contributed by atoms with van der Waals surface area (Å²) in [5.41, 5.74) is 2.97. The third-order valence-electron chi connectivity index (χ3n) is 4.10. The molecule has 0 spiro atoms. The lowest BCUT2D eigenvalue weighted by molar-refractivity contribution is 0.0779. The van der Waals surface area contributed by atoms with Crippen LogP contribution in [0.2, 0.25) is 0 Å². The first kappa shape index (κ1) is 19.4. The van der Waals surface area contributed by atoms with Gasteiger partial charge in [-0.1, -0.05) is 30.3 Å². The number of nitrogens with zero attached hydrogens (tertiary/aromatic N) is 3. The molecule has 6 nitrogen and oxygen atoms in total. The van der Waals surface area contributed by atoms with Gasteiger partial charge in [0, 0.05) is 25.0 Å². The summed E-state index contributed by atoms with van der Waals surface area (Å²) in [6, 6.07) is 19.1.